The Hall–Kier alpha value is -3.16. The number of thiazole rings is 1. The van der Waals surface area contributed by atoms with Gasteiger partial charge in [-0.1, -0.05) is 48.2 Å². The molecule has 5 nitrogen and oxygen atoms in total. The number of thioether (sulfide) groups is 1. The van der Waals surface area contributed by atoms with Gasteiger partial charge in [0.15, 0.2) is 4.34 Å². The van der Waals surface area contributed by atoms with Gasteiger partial charge < -0.3 is 10.6 Å². The molecule has 1 atom stereocenters. The summed E-state index contributed by atoms with van der Waals surface area (Å²) in [5, 5.41) is 5.79. The standard InChI is InChI=1S/C25H23N3O2S2/c1-16(20-6-5-7-21(14-20)27-17(2)29)26-24(30)19-12-10-18(11-13-19)15-31-25-28-22-8-3-4-9-23(22)32-25/h3-14,16H,15H2,1-2H3,(H,26,30)(H,27,29). The van der Waals surface area contributed by atoms with Crippen LogP contribution < -0.4 is 10.6 Å². The van der Waals surface area contributed by atoms with Crippen molar-refractivity contribution in [2.45, 2.75) is 30.0 Å². The van der Waals surface area contributed by atoms with Crippen LogP contribution in [0.5, 0.6) is 0 Å². The van der Waals surface area contributed by atoms with Gasteiger partial charge in [-0.2, -0.15) is 0 Å². The van der Waals surface area contributed by atoms with Gasteiger partial charge in [0.05, 0.1) is 16.3 Å². The predicted molar refractivity (Wildman–Crippen MR) is 132 cm³/mol. The van der Waals surface area contributed by atoms with E-state index in [2.05, 4.69) is 21.7 Å². The molecule has 162 valence electrons. The molecule has 0 bridgehead atoms. The number of anilines is 1. The molecule has 0 spiro atoms. The summed E-state index contributed by atoms with van der Waals surface area (Å²) in [5.41, 5.74) is 4.42. The van der Waals surface area contributed by atoms with Crippen molar-refractivity contribution < 1.29 is 9.59 Å². The van der Waals surface area contributed by atoms with Crippen LogP contribution >= 0.6 is 23.1 Å². The van der Waals surface area contributed by atoms with Crippen molar-refractivity contribution in [3.8, 4) is 0 Å². The molecule has 1 unspecified atom stereocenters. The minimum absolute atomic E-state index is 0.125. The highest BCUT2D eigenvalue weighted by Crippen LogP contribution is 2.31. The Labute approximate surface area is 195 Å². The second-order valence-corrected chi connectivity index (χ2v) is 9.69. The largest absolute Gasteiger partial charge is 0.346 e. The van der Waals surface area contributed by atoms with E-state index in [1.807, 2.05) is 73.7 Å². The smallest absolute Gasteiger partial charge is 0.251 e. The van der Waals surface area contributed by atoms with Crippen molar-refractivity contribution in [1.82, 2.24) is 10.3 Å². The zero-order valence-electron chi connectivity index (χ0n) is 17.8. The monoisotopic (exact) mass is 461 g/mol. The molecule has 0 saturated carbocycles. The number of hydrogen-bond acceptors (Lipinski definition) is 5. The van der Waals surface area contributed by atoms with Crippen molar-refractivity contribution in [2.75, 3.05) is 5.32 Å². The summed E-state index contributed by atoms with van der Waals surface area (Å²) < 4.78 is 2.24. The van der Waals surface area contributed by atoms with Gasteiger partial charge in [-0.05, 0) is 54.4 Å². The molecule has 2 N–H and O–H groups in total. The van der Waals surface area contributed by atoms with Crippen molar-refractivity contribution in [2.24, 2.45) is 0 Å². The molecular weight excluding hydrogens is 438 g/mol. The fourth-order valence-corrected chi connectivity index (χ4v) is 5.29. The second-order valence-electron chi connectivity index (χ2n) is 7.43. The first-order chi connectivity index (χ1) is 15.5. The summed E-state index contributed by atoms with van der Waals surface area (Å²) in [6.07, 6.45) is 0. The Morgan fingerprint density at radius 1 is 1.03 bits per heavy atom. The van der Waals surface area contributed by atoms with Crippen molar-refractivity contribution in [3.05, 3.63) is 89.5 Å². The summed E-state index contributed by atoms with van der Waals surface area (Å²) >= 11 is 3.40. The van der Waals surface area contributed by atoms with Gasteiger partial charge >= 0.3 is 0 Å². The van der Waals surface area contributed by atoms with Gasteiger partial charge in [0.25, 0.3) is 5.91 Å². The number of hydrogen-bond donors (Lipinski definition) is 2. The third-order valence-corrected chi connectivity index (χ3v) is 7.16. The van der Waals surface area contributed by atoms with Gasteiger partial charge in [-0.15, -0.1) is 11.3 Å². The van der Waals surface area contributed by atoms with E-state index in [4.69, 9.17) is 0 Å². The maximum atomic E-state index is 12.7. The Morgan fingerprint density at radius 2 is 1.81 bits per heavy atom. The van der Waals surface area contributed by atoms with Gasteiger partial charge in [0.1, 0.15) is 0 Å². The SMILES string of the molecule is CC(=O)Nc1cccc(C(C)NC(=O)c2ccc(CSc3nc4ccccc4s3)cc2)c1. The third-order valence-electron chi connectivity index (χ3n) is 4.91. The van der Waals surface area contributed by atoms with Crippen LogP contribution in [0.3, 0.4) is 0 Å². The molecule has 0 aliphatic rings. The molecule has 0 saturated heterocycles. The van der Waals surface area contributed by atoms with Crippen molar-refractivity contribution in [3.63, 3.8) is 0 Å². The lowest BCUT2D eigenvalue weighted by atomic mass is 10.1. The number of nitrogens with zero attached hydrogens (tertiary/aromatic N) is 1. The van der Waals surface area contributed by atoms with E-state index in [1.165, 1.54) is 11.6 Å². The third kappa shape index (κ3) is 5.55. The van der Waals surface area contributed by atoms with Gasteiger partial charge in [-0.25, -0.2) is 4.98 Å². The average Bonchev–Trinajstić information content (AvgIpc) is 3.21. The molecule has 1 heterocycles. The first-order valence-electron chi connectivity index (χ1n) is 10.2. The molecule has 0 aliphatic carbocycles. The summed E-state index contributed by atoms with van der Waals surface area (Å²) in [6.45, 7) is 3.40. The van der Waals surface area contributed by atoms with E-state index in [-0.39, 0.29) is 17.9 Å². The maximum Gasteiger partial charge on any atom is 0.251 e. The van der Waals surface area contributed by atoms with Gasteiger partial charge in [-0.3, -0.25) is 9.59 Å². The number of nitrogens with one attached hydrogen (secondary N) is 2. The van der Waals surface area contributed by atoms with Gasteiger partial charge in [0.2, 0.25) is 5.91 Å². The number of carbonyl (C=O) groups is 2. The number of fused-ring (bicyclic) bond motifs is 1. The number of para-hydroxylation sites is 1. The van der Waals surface area contributed by atoms with Crippen molar-refractivity contribution >= 4 is 50.8 Å². The Balaban J connectivity index is 1.34. The van der Waals surface area contributed by atoms with Crippen LogP contribution in [0.15, 0.2) is 77.1 Å². The Morgan fingerprint density at radius 3 is 2.56 bits per heavy atom. The van der Waals surface area contributed by atoms with Crippen LogP contribution in [-0.4, -0.2) is 16.8 Å². The zero-order chi connectivity index (χ0) is 22.5. The molecule has 32 heavy (non-hydrogen) atoms. The zero-order valence-corrected chi connectivity index (χ0v) is 19.4. The number of rotatable bonds is 7. The lowest BCUT2D eigenvalue weighted by Gasteiger charge is -2.16. The summed E-state index contributed by atoms with van der Waals surface area (Å²) in [4.78, 5) is 28.6. The van der Waals surface area contributed by atoms with E-state index in [0.717, 1.165) is 26.7 Å². The number of benzene rings is 3. The van der Waals surface area contributed by atoms with E-state index in [0.29, 0.717) is 11.3 Å². The van der Waals surface area contributed by atoms with Crippen LogP contribution in [0.2, 0.25) is 0 Å². The lowest BCUT2D eigenvalue weighted by Crippen LogP contribution is -2.26. The second kappa shape index (κ2) is 9.97. The topological polar surface area (TPSA) is 71.1 Å². The fraction of sp³-hybridized carbons (Fsp3) is 0.160. The first-order valence-corrected chi connectivity index (χ1v) is 12.0. The lowest BCUT2D eigenvalue weighted by molar-refractivity contribution is -0.114. The van der Waals surface area contributed by atoms with E-state index in [1.54, 1.807) is 23.1 Å². The highest BCUT2D eigenvalue weighted by atomic mass is 32.2. The summed E-state index contributed by atoms with van der Waals surface area (Å²) in [7, 11) is 0. The minimum atomic E-state index is -0.189. The molecule has 1 aromatic heterocycles. The molecule has 4 aromatic rings. The Bertz CT molecular complexity index is 1220. The molecular formula is C25H23N3O2S2. The molecule has 2 amide bonds. The number of aromatic nitrogens is 1. The van der Waals surface area contributed by atoms with Crippen molar-refractivity contribution in [1.29, 1.82) is 0 Å². The maximum absolute atomic E-state index is 12.7. The van der Waals surface area contributed by atoms with Crippen LogP contribution in [0, 0.1) is 0 Å². The highest BCUT2D eigenvalue weighted by Gasteiger charge is 2.12. The number of carbonyl (C=O) groups excluding carboxylic acids is 2. The summed E-state index contributed by atoms with van der Waals surface area (Å²) in [5.74, 6) is 0.543. The molecule has 7 heteroatoms. The fourth-order valence-electron chi connectivity index (χ4n) is 3.26. The summed E-state index contributed by atoms with van der Waals surface area (Å²) in [6, 6.07) is 23.1. The molecule has 4 rings (SSSR count). The molecule has 3 aromatic carbocycles. The predicted octanol–water partition coefficient (Wildman–Crippen LogP) is 6.04. The van der Waals surface area contributed by atoms with Gasteiger partial charge in [0, 0.05) is 23.9 Å². The highest BCUT2D eigenvalue weighted by molar-refractivity contribution is 8.00. The van der Waals surface area contributed by atoms with E-state index < -0.39 is 0 Å². The molecule has 0 radical (unpaired) electrons. The normalized spacial score (nSPS) is 11.8. The molecule has 0 aliphatic heterocycles. The van der Waals surface area contributed by atoms with Crippen LogP contribution in [0.1, 0.15) is 41.4 Å². The van der Waals surface area contributed by atoms with E-state index >= 15 is 0 Å². The van der Waals surface area contributed by atoms with Crippen LogP contribution in [-0.2, 0) is 10.5 Å². The first kappa shape index (κ1) is 22.0. The average molecular weight is 462 g/mol. The van der Waals surface area contributed by atoms with Crippen LogP contribution in [0.4, 0.5) is 5.69 Å². The molecule has 0 fully saturated rings. The quantitative estimate of drug-likeness (QED) is 0.329. The number of amides is 2. The Kier molecular flexibility index (Phi) is 6.87. The van der Waals surface area contributed by atoms with E-state index in [9.17, 15) is 9.59 Å². The minimum Gasteiger partial charge on any atom is -0.346 e. The van der Waals surface area contributed by atoms with Crippen LogP contribution in [0.25, 0.3) is 10.2 Å².